The van der Waals surface area contributed by atoms with Crippen molar-refractivity contribution in [1.29, 1.82) is 0 Å². The van der Waals surface area contributed by atoms with Gasteiger partial charge in [0, 0.05) is 5.56 Å². The molecule has 1 aromatic carbocycles. The van der Waals surface area contributed by atoms with Gasteiger partial charge in [-0.2, -0.15) is 0 Å². The van der Waals surface area contributed by atoms with Crippen molar-refractivity contribution in [2.45, 2.75) is 5.03 Å². The first-order valence-electron chi connectivity index (χ1n) is 4.96. The average Bonchev–Trinajstić information content (AvgIpc) is 2.39. The molecule has 0 amide bonds. The van der Waals surface area contributed by atoms with Gasteiger partial charge in [0.05, 0.1) is 5.75 Å². The van der Waals surface area contributed by atoms with Crippen molar-refractivity contribution in [3.63, 3.8) is 0 Å². The van der Waals surface area contributed by atoms with Gasteiger partial charge in [-0.1, -0.05) is 53.7 Å². The largest absolute Gasteiger partial charge is 0.293 e. The molecule has 2 aromatic rings. The summed E-state index contributed by atoms with van der Waals surface area (Å²) < 4.78 is 0. The summed E-state index contributed by atoms with van der Waals surface area (Å²) >= 11 is 6.97. The van der Waals surface area contributed by atoms with Gasteiger partial charge in [-0.15, -0.1) is 10.2 Å². The van der Waals surface area contributed by atoms with Crippen LogP contribution >= 0.6 is 23.4 Å². The molecule has 2 rings (SSSR count). The van der Waals surface area contributed by atoms with Crippen molar-refractivity contribution in [3.05, 3.63) is 53.2 Å². The van der Waals surface area contributed by atoms with Crippen molar-refractivity contribution in [3.8, 4) is 0 Å². The van der Waals surface area contributed by atoms with Gasteiger partial charge in [0.15, 0.2) is 10.9 Å². The number of hydrogen-bond donors (Lipinski definition) is 0. The van der Waals surface area contributed by atoms with Crippen LogP contribution in [0.2, 0.25) is 5.15 Å². The van der Waals surface area contributed by atoms with Gasteiger partial charge >= 0.3 is 0 Å². The fraction of sp³-hybridized carbons (Fsp3) is 0.0833. The van der Waals surface area contributed by atoms with Crippen LogP contribution in [0.5, 0.6) is 0 Å². The van der Waals surface area contributed by atoms with Gasteiger partial charge in [0.25, 0.3) is 0 Å². The molecule has 0 atom stereocenters. The van der Waals surface area contributed by atoms with Gasteiger partial charge in [0.1, 0.15) is 5.03 Å². The monoisotopic (exact) mass is 264 g/mol. The molecule has 5 heteroatoms. The fourth-order valence-corrected chi connectivity index (χ4v) is 2.04. The van der Waals surface area contributed by atoms with E-state index in [4.69, 9.17) is 11.6 Å². The standard InChI is InChI=1S/C12H9ClN2OS/c13-11-6-7-12(15-14-11)17-8-10(16)9-4-2-1-3-5-9/h1-7H,8H2. The second-order valence-corrected chi connectivity index (χ2v) is 4.66. The molecule has 0 aliphatic rings. The zero-order valence-electron chi connectivity index (χ0n) is 8.84. The number of hydrogen-bond acceptors (Lipinski definition) is 4. The molecule has 0 saturated heterocycles. The van der Waals surface area contributed by atoms with E-state index in [0.717, 1.165) is 0 Å². The fourth-order valence-electron chi connectivity index (χ4n) is 1.23. The molecule has 1 heterocycles. The summed E-state index contributed by atoms with van der Waals surface area (Å²) in [4.78, 5) is 11.8. The highest BCUT2D eigenvalue weighted by molar-refractivity contribution is 7.99. The zero-order chi connectivity index (χ0) is 12.1. The van der Waals surface area contributed by atoms with E-state index in [1.165, 1.54) is 11.8 Å². The lowest BCUT2D eigenvalue weighted by molar-refractivity contribution is 0.102. The number of nitrogens with zero attached hydrogens (tertiary/aromatic N) is 2. The minimum atomic E-state index is 0.0763. The van der Waals surface area contributed by atoms with E-state index in [0.29, 0.717) is 21.5 Å². The Hall–Kier alpha value is -1.39. The van der Waals surface area contributed by atoms with Crippen molar-refractivity contribution in [2.24, 2.45) is 0 Å². The van der Waals surface area contributed by atoms with E-state index < -0.39 is 0 Å². The molecule has 0 N–H and O–H groups in total. The molecule has 0 unspecified atom stereocenters. The zero-order valence-corrected chi connectivity index (χ0v) is 10.4. The minimum absolute atomic E-state index is 0.0763. The molecule has 0 spiro atoms. The first-order chi connectivity index (χ1) is 8.25. The van der Waals surface area contributed by atoms with E-state index in [1.54, 1.807) is 24.3 Å². The second-order valence-electron chi connectivity index (χ2n) is 3.27. The van der Waals surface area contributed by atoms with Crippen LogP contribution in [0.4, 0.5) is 0 Å². The summed E-state index contributed by atoms with van der Waals surface area (Å²) in [5, 5.41) is 8.63. The Labute approximate surface area is 108 Å². The number of carbonyl (C=O) groups is 1. The third-order valence-electron chi connectivity index (χ3n) is 2.05. The van der Waals surface area contributed by atoms with Gasteiger partial charge in [0.2, 0.25) is 0 Å². The molecule has 0 bridgehead atoms. The van der Waals surface area contributed by atoms with Crippen LogP contribution in [0.3, 0.4) is 0 Å². The van der Waals surface area contributed by atoms with Crippen LogP contribution in [0.15, 0.2) is 47.5 Å². The Morgan fingerprint density at radius 1 is 1.12 bits per heavy atom. The highest BCUT2D eigenvalue weighted by Crippen LogP contribution is 2.17. The van der Waals surface area contributed by atoms with E-state index in [9.17, 15) is 4.79 Å². The summed E-state index contributed by atoms with van der Waals surface area (Å²) in [6.45, 7) is 0. The van der Waals surface area contributed by atoms with Gasteiger partial charge < -0.3 is 0 Å². The molecule has 0 aliphatic heterocycles. The molecular weight excluding hydrogens is 256 g/mol. The Kier molecular flexibility index (Phi) is 4.12. The normalized spacial score (nSPS) is 10.2. The van der Waals surface area contributed by atoms with E-state index in [2.05, 4.69) is 10.2 Å². The number of aromatic nitrogens is 2. The maximum Gasteiger partial charge on any atom is 0.173 e. The molecule has 17 heavy (non-hydrogen) atoms. The Balaban J connectivity index is 1.95. The highest BCUT2D eigenvalue weighted by atomic mass is 35.5. The summed E-state index contributed by atoms with van der Waals surface area (Å²) in [5.74, 6) is 0.424. The first kappa shape index (κ1) is 12.1. The molecule has 0 radical (unpaired) electrons. The summed E-state index contributed by atoms with van der Waals surface area (Å²) in [6.07, 6.45) is 0. The van der Waals surface area contributed by atoms with Crippen molar-refractivity contribution < 1.29 is 4.79 Å². The van der Waals surface area contributed by atoms with Gasteiger partial charge in [-0.3, -0.25) is 4.79 Å². The van der Waals surface area contributed by atoms with E-state index >= 15 is 0 Å². The number of rotatable bonds is 4. The molecule has 0 fully saturated rings. The summed E-state index contributed by atoms with van der Waals surface area (Å²) in [6, 6.07) is 12.6. The van der Waals surface area contributed by atoms with Crippen molar-refractivity contribution in [1.82, 2.24) is 10.2 Å². The lowest BCUT2D eigenvalue weighted by Crippen LogP contribution is -2.02. The quantitative estimate of drug-likeness (QED) is 0.629. The third-order valence-corrected chi connectivity index (χ3v) is 3.18. The number of carbonyl (C=O) groups excluding carboxylic acids is 1. The van der Waals surface area contributed by atoms with Gasteiger partial charge in [-0.05, 0) is 12.1 Å². The number of ketones is 1. The van der Waals surface area contributed by atoms with Crippen LogP contribution in [-0.4, -0.2) is 21.7 Å². The lowest BCUT2D eigenvalue weighted by Gasteiger charge is -2.00. The predicted molar refractivity (Wildman–Crippen MR) is 68.5 cm³/mol. The molecule has 1 aromatic heterocycles. The van der Waals surface area contributed by atoms with Crippen LogP contribution in [-0.2, 0) is 0 Å². The maximum atomic E-state index is 11.8. The summed E-state index contributed by atoms with van der Waals surface area (Å²) in [5.41, 5.74) is 0.710. The molecule has 0 saturated carbocycles. The van der Waals surface area contributed by atoms with Crippen LogP contribution in [0.1, 0.15) is 10.4 Å². The average molecular weight is 265 g/mol. The van der Waals surface area contributed by atoms with E-state index in [1.807, 2.05) is 18.2 Å². The Morgan fingerprint density at radius 3 is 2.53 bits per heavy atom. The smallest absolute Gasteiger partial charge is 0.173 e. The van der Waals surface area contributed by atoms with Crippen molar-refractivity contribution >= 4 is 29.1 Å². The maximum absolute atomic E-state index is 11.8. The third kappa shape index (κ3) is 3.54. The molecule has 86 valence electrons. The SMILES string of the molecule is O=C(CSc1ccc(Cl)nn1)c1ccccc1. The first-order valence-corrected chi connectivity index (χ1v) is 6.32. The van der Waals surface area contributed by atoms with E-state index in [-0.39, 0.29) is 5.78 Å². The number of Topliss-reactive ketones (excluding diaryl/α,β-unsaturated/α-hetero) is 1. The number of benzene rings is 1. The molecule has 3 nitrogen and oxygen atoms in total. The topological polar surface area (TPSA) is 42.9 Å². The van der Waals surface area contributed by atoms with Gasteiger partial charge in [-0.25, -0.2) is 0 Å². The minimum Gasteiger partial charge on any atom is -0.293 e. The number of thioether (sulfide) groups is 1. The summed E-state index contributed by atoms with van der Waals surface area (Å²) in [7, 11) is 0. The Morgan fingerprint density at radius 2 is 1.88 bits per heavy atom. The van der Waals surface area contributed by atoms with Crippen LogP contribution < -0.4 is 0 Å². The highest BCUT2D eigenvalue weighted by Gasteiger charge is 2.06. The predicted octanol–water partition coefficient (Wildman–Crippen LogP) is 3.11. The van der Waals surface area contributed by atoms with Crippen molar-refractivity contribution in [2.75, 3.05) is 5.75 Å². The lowest BCUT2D eigenvalue weighted by atomic mass is 10.2. The second kappa shape index (κ2) is 5.80. The van der Waals surface area contributed by atoms with Crippen LogP contribution in [0.25, 0.3) is 0 Å². The molecule has 0 aliphatic carbocycles. The number of halogens is 1. The Bertz CT molecular complexity index is 502. The van der Waals surface area contributed by atoms with Crippen LogP contribution in [0, 0.1) is 0 Å². The molecular formula is C12H9ClN2OS.